The fraction of sp³-hybridized carbons (Fsp3) is 0.125. The number of furan rings is 1. The van der Waals surface area contributed by atoms with Gasteiger partial charge in [-0.1, -0.05) is 12.1 Å². The third-order valence-electron chi connectivity index (χ3n) is 3.07. The van der Waals surface area contributed by atoms with Crippen molar-refractivity contribution in [3.05, 3.63) is 59.5 Å². The number of hydrogen-bond donors (Lipinski definition) is 0. The van der Waals surface area contributed by atoms with Crippen molar-refractivity contribution in [2.75, 3.05) is 7.11 Å². The third-order valence-corrected chi connectivity index (χ3v) is 3.07. The van der Waals surface area contributed by atoms with E-state index in [1.165, 1.54) is 0 Å². The van der Waals surface area contributed by atoms with E-state index in [-0.39, 0.29) is 11.5 Å². The van der Waals surface area contributed by atoms with Crippen molar-refractivity contribution in [3.8, 4) is 5.75 Å². The Bertz CT molecular complexity index is 789. The van der Waals surface area contributed by atoms with Gasteiger partial charge in [0.15, 0.2) is 11.3 Å². The van der Waals surface area contributed by atoms with E-state index in [0.717, 1.165) is 5.69 Å². The van der Waals surface area contributed by atoms with Gasteiger partial charge in [0, 0.05) is 17.3 Å². The Balaban J connectivity index is 2.03. The van der Waals surface area contributed by atoms with Crippen LogP contribution in [-0.4, -0.2) is 17.9 Å². The van der Waals surface area contributed by atoms with Crippen LogP contribution in [0.1, 0.15) is 21.8 Å². The highest BCUT2D eigenvalue weighted by Crippen LogP contribution is 2.22. The van der Waals surface area contributed by atoms with Gasteiger partial charge in [-0.15, -0.1) is 0 Å². The minimum atomic E-state index is -0.181. The van der Waals surface area contributed by atoms with Gasteiger partial charge in [0.05, 0.1) is 7.11 Å². The summed E-state index contributed by atoms with van der Waals surface area (Å²) in [5.41, 5.74) is 2.72. The Labute approximate surface area is 116 Å². The van der Waals surface area contributed by atoms with Crippen molar-refractivity contribution in [1.82, 2.24) is 4.98 Å². The summed E-state index contributed by atoms with van der Waals surface area (Å²) in [4.78, 5) is 16.7. The molecule has 0 saturated carbocycles. The van der Waals surface area contributed by atoms with Gasteiger partial charge in [0.2, 0.25) is 5.78 Å². The van der Waals surface area contributed by atoms with E-state index in [0.29, 0.717) is 22.4 Å². The molecule has 0 amide bonds. The number of pyridine rings is 1. The van der Waals surface area contributed by atoms with Crippen molar-refractivity contribution >= 4 is 16.9 Å². The molecule has 4 nitrogen and oxygen atoms in total. The van der Waals surface area contributed by atoms with E-state index in [9.17, 15) is 4.79 Å². The van der Waals surface area contributed by atoms with Crippen LogP contribution in [0.25, 0.3) is 11.1 Å². The normalized spacial score (nSPS) is 10.7. The first-order chi connectivity index (χ1) is 9.67. The summed E-state index contributed by atoms with van der Waals surface area (Å²) in [5, 5.41) is 0. The topological polar surface area (TPSA) is 52.3 Å². The lowest BCUT2D eigenvalue weighted by Gasteiger charge is -2.01. The zero-order valence-corrected chi connectivity index (χ0v) is 11.2. The monoisotopic (exact) mass is 267 g/mol. The molecule has 0 spiro atoms. The summed E-state index contributed by atoms with van der Waals surface area (Å²) < 4.78 is 10.7. The smallest absolute Gasteiger partial charge is 0.228 e. The Morgan fingerprint density at radius 3 is 2.85 bits per heavy atom. The zero-order valence-electron chi connectivity index (χ0n) is 11.2. The van der Waals surface area contributed by atoms with Gasteiger partial charge in [0.1, 0.15) is 11.3 Å². The van der Waals surface area contributed by atoms with Crippen LogP contribution in [-0.2, 0) is 0 Å². The number of carbonyl (C=O) groups is 1. The highest BCUT2D eigenvalue weighted by molar-refractivity contribution is 6.08. The second-order valence-corrected chi connectivity index (χ2v) is 4.51. The Hall–Kier alpha value is -2.62. The van der Waals surface area contributed by atoms with Crippen LogP contribution in [0.5, 0.6) is 5.75 Å². The molecule has 20 heavy (non-hydrogen) atoms. The molecule has 0 unspecified atom stereocenters. The summed E-state index contributed by atoms with van der Waals surface area (Å²) in [6.45, 7) is 1.90. The van der Waals surface area contributed by atoms with E-state index in [1.807, 2.05) is 19.1 Å². The second-order valence-electron chi connectivity index (χ2n) is 4.51. The molecular formula is C16H13NO3. The van der Waals surface area contributed by atoms with E-state index in [4.69, 9.17) is 9.15 Å². The summed E-state index contributed by atoms with van der Waals surface area (Å²) in [7, 11) is 1.57. The minimum absolute atomic E-state index is 0.181. The molecule has 0 radical (unpaired) electrons. The van der Waals surface area contributed by atoms with E-state index in [1.54, 1.807) is 37.4 Å². The first kappa shape index (κ1) is 12.4. The number of fused-ring (bicyclic) bond motifs is 1. The van der Waals surface area contributed by atoms with E-state index < -0.39 is 0 Å². The average Bonchev–Trinajstić information content (AvgIpc) is 2.89. The van der Waals surface area contributed by atoms with Crippen molar-refractivity contribution in [2.45, 2.75) is 6.92 Å². The number of rotatable bonds is 3. The molecule has 3 rings (SSSR count). The molecule has 4 heteroatoms. The summed E-state index contributed by atoms with van der Waals surface area (Å²) in [6, 6.07) is 12.3. The van der Waals surface area contributed by atoms with Crippen molar-refractivity contribution in [1.29, 1.82) is 0 Å². The maximum atomic E-state index is 12.4. The molecule has 0 aliphatic carbocycles. The molecule has 0 aliphatic rings. The highest BCUT2D eigenvalue weighted by Gasteiger charge is 2.15. The lowest BCUT2D eigenvalue weighted by molar-refractivity contribution is 0.101. The van der Waals surface area contributed by atoms with Gasteiger partial charge in [-0.2, -0.15) is 0 Å². The van der Waals surface area contributed by atoms with Crippen LogP contribution in [0.4, 0.5) is 0 Å². The molecule has 2 aromatic heterocycles. The first-order valence-electron chi connectivity index (χ1n) is 6.23. The lowest BCUT2D eigenvalue weighted by Crippen LogP contribution is -1.99. The molecule has 0 fully saturated rings. The van der Waals surface area contributed by atoms with Gasteiger partial charge >= 0.3 is 0 Å². The summed E-state index contributed by atoms with van der Waals surface area (Å²) >= 11 is 0. The predicted octanol–water partition coefficient (Wildman–Crippen LogP) is 3.38. The minimum Gasteiger partial charge on any atom is -0.497 e. The molecule has 0 aliphatic heterocycles. The van der Waals surface area contributed by atoms with E-state index in [2.05, 4.69) is 4.98 Å². The summed E-state index contributed by atoms with van der Waals surface area (Å²) in [6.07, 6.45) is 0. The molecular weight excluding hydrogens is 254 g/mol. The summed E-state index contributed by atoms with van der Waals surface area (Å²) in [5.74, 6) is 0.742. The molecule has 0 bridgehead atoms. The Kier molecular flexibility index (Phi) is 2.99. The van der Waals surface area contributed by atoms with Crippen LogP contribution in [0.2, 0.25) is 0 Å². The maximum absolute atomic E-state index is 12.4. The number of aromatic nitrogens is 1. The van der Waals surface area contributed by atoms with Crippen molar-refractivity contribution in [2.24, 2.45) is 0 Å². The molecule has 100 valence electrons. The standard InChI is InChI=1S/C16H13NO3/c1-10-6-7-14-13(17-10)9-15(20-14)16(18)11-4-3-5-12(8-11)19-2/h3-9H,1-2H3. The molecule has 0 atom stereocenters. The molecule has 1 aromatic carbocycles. The fourth-order valence-electron chi connectivity index (χ4n) is 2.04. The van der Waals surface area contributed by atoms with Crippen molar-refractivity contribution in [3.63, 3.8) is 0 Å². The van der Waals surface area contributed by atoms with Crippen LogP contribution in [0.15, 0.2) is 46.9 Å². The largest absolute Gasteiger partial charge is 0.497 e. The number of aryl methyl sites for hydroxylation is 1. The number of methoxy groups -OCH3 is 1. The number of ketones is 1. The third kappa shape index (κ3) is 2.16. The van der Waals surface area contributed by atoms with Gasteiger partial charge < -0.3 is 9.15 Å². The second kappa shape index (κ2) is 4.81. The number of nitrogens with zero attached hydrogens (tertiary/aromatic N) is 1. The van der Waals surface area contributed by atoms with Gasteiger partial charge in [-0.3, -0.25) is 4.79 Å². The number of carbonyl (C=O) groups excluding carboxylic acids is 1. The number of ether oxygens (including phenoxy) is 1. The van der Waals surface area contributed by atoms with Crippen molar-refractivity contribution < 1.29 is 13.9 Å². The van der Waals surface area contributed by atoms with Crippen LogP contribution in [0.3, 0.4) is 0 Å². The fourth-order valence-corrected chi connectivity index (χ4v) is 2.04. The average molecular weight is 267 g/mol. The van der Waals surface area contributed by atoms with Gasteiger partial charge in [0.25, 0.3) is 0 Å². The van der Waals surface area contributed by atoms with Crippen LogP contribution in [0, 0.1) is 6.92 Å². The molecule has 0 saturated heterocycles. The molecule has 0 N–H and O–H groups in total. The lowest BCUT2D eigenvalue weighted by atomic mass is 10.1. The number of hydrogen-bond acceptors (Lipinski definition) is 4. The maximum Gasteiger partial charge on any atom is 0.228 e. The zero-order chi connectivity index (χ0) is 14.1. The van der Waals surface area contributed by atoms with Crippen LogP contribution < -0.4 is 4.74 Å². The highest BCUT2D eigenvalue weighted by atomic mass is 16.5. The Morgan fingerprint density at radius 1 is 1.20 bits per heavy atom. The van der Waals surface area contributed by atoms with E-state index >= 15 is 0 Å². The predicted molar refractivity (Wildman–Crippen MR) is 75.2 cm³/mol. The van der Waals surface area contributed by atoms with Crippen LogP contribution >= 0.6 is 0 Å². The SMILES string of the molecule is COc1cccc(C(=O)c2cc3nc(C)ccc3o2)c1. The first-order valence-corrected chi connectivity index (χ1v) is 6.23. The van der Waals surface area contributed by atoms with Gasteiger partial charge in [-0.05, 0) is 31.2 Å². The molecule has 2 heterocycles. The Morgan fingerprint density at radius 2 is 2.05 bits per heavy atom. The molecule has 3 aromatic rings. The number of benzene rings is 1. The van der Waals surface area contributed by atoms with Gasteiger partial charge in [-0.25, -0.2) is 4.98 Å². The quantitative estimate of drug-likeness (QED) is 0.683.